The zero-order chi connectivity index (χ0) is 19.8. The molecule has 0 radical (unpaired) electrons. The van der Waals surface area contributed by atoms with E-state index >= 15 is 0 Å². The number of rotatable bonds is 5. The number of hydrogen-bond donors (Lipinski definition) is 1. The van der Waals surface area contributed by atoms with Gasteiger partial charge in [-0.2, -0.15) is 9.69 Å². The summed E-state index contributed by atoms with van der Waals surface area (Å²) < 4.78 is 29.7. The van der Waals surface area contributed by atoms with Crippen molar-refractivity contribution in [2.75, 3.05) is 27.2 Å². The number of nitrogens with one attached hydrogen (secondary N) is 1. The maximum absolute atomic E-state index is 12.6. The summed E-state index contributed by atoms with van der Waals surface area (Å²) in [5.74, 6) is -0.247. The lowest BCUT2D eigenvalue weighted by Crippen LogP contribution is -2.59. The third kappa shape index (κ3) is 4.13. The Morgan fingerprint density at radius 1 is 1.26 bits per heavy atom. The van der Waals surface area contributed by atoms with Crippen LogP contribution in [0.3, 0.4) is 0 Å². The number of urea groups is 1. The lowest BCUT2D eigenvalue weighted by Gasteiger charge is -2.35. The van der Waals surface area contributed by atoms with Crippen LogP contribution in [0, 0.1) is 0 Å². The first-order valence-electron chi connectivity index (χ1n) is 8.97. The van der Waals surface area contributed by atoms with E-state index in [2.05, 4.69) is 4.72 Å². The summed E-state index contributed by atoms with van der Waals surface area (Å²) in [4.78, 5) is 28.4. The quantitative estimate of drug-likeness (QED) is 0.719. The van der Waals surface area contributed by atoms with Gasteiger partial charge in [0, 0.05) is 24.0 Å². The monoisotopic (exact) mass is 413 g/mol. The molecule has 0 aliphatic carbocycles. The summed E-state index contributed by atoms with van der Waals surface area (Å²) in [6.07, 6.45) is 3.68. The SMILES string of the molecule is CCc1ccc(S(=O)(=O)NC2CCN(C3C=[N+](C)C(=O)N(C)C3=O)CC2)s1. The number of piperidine rings is 1. The molecule has 3 heterocycles. The molecular weight excluding hydrogens is 388 g/mol. The summed E-state index contributed by atoms with van der Waals surface area (Å²) in [6.45, 7) is 3.17. The maximum Gasteiger partial charge on any atom is 0.500 e. The molecule has 1 fully saturated rings. The molecule has 1 N–H and O–H groups in total. The van der Waals surface area contributed by atoms with Crippen LogP contribution in [0.4, 0.5) is 4.79 Å². The Morgan fingerprint density at radius 3 is 2.52 bits per heavy atom. The van der Waals surface area contributed by atoms with Crippen LogP contribution in [-0.4, -0.2) is 80.2 Å². The van der Waals surface area contributed by atoms with Crippen LogP contribution in [0.15, 0.2) is 16.3 Å². The summed E-state index contributed by atoms with van der Waals surface area (Å²) in [5, 5.41) is 0. The molecule has 0 bridgehead atoms. The molecule has 0 saturated carbocycles. The van der Waals surface area contributed by atoms with Crippen LogP contribution in [0.5, 0.6) is 0 Å². The molecule has 1 aromatic rings. The van der Waals surface area contributed by atoms with Crippen molar-refractivity contribution in [2.45, 2.75) is 42.5 Å². The maximum atomic E-state index is 12.6. The zero-order valence-electron chi connectivity index (χ0n) is 15.7. The van der Waals surface area contributed by atoms with Crippen molar-refractivity contribution in [3.05, 3.63) is 17.0 Å². The van der Waals surface area contributed by atoms with E-state index in [0.717, 1.165) is 16.2 Å². The summed E-state index contributed by atoms with van der Waals surface area (Å²) in [6, 6.07) is 2.51. The zero-order valence-corrected chi connectivity index (χ0v) is 17.3. The number of thiophene rings is 1. The predicted octanol–water partition coefficient (Wildman–Crippen LogP) is 0.727. The van der Waals surface area contributed by atoms with Gasteiger partial charge >= 0.3 is 11.9 Å². The van der Waals surface area contributed by atoms with Crippen molar-refractivity contribution in [1.82, 2.24) is 14.5 Å². The first-order valence-corrected chi connectivity index (χ1v) is 11.3. The molecule has 148 valence electrons. The molecule has 3 rings (SSSR count). The molecule has 0 spiro atoms. The summed E-state index contributed by atoms with van der Waals surface area (Å²) >= 11 is 1.30. The smallest absolute Gasteiger partial charge is 0.284 e. The van der Waals surface area contributed by atoms with Gasteiger partial charge in [0.2, 0.25) is 10.0 Å². The second kappa shape index (κ2) is 7.78. The van der Waals surface area contributed by atoms with Gasteiger partial charge in [-0.05, 0) is 31.4 Å². The fourth-order valence-electron chi connectivity index (χ4n) is 3.38. The van der Waals surface area contributed by atoms with Crippen LogP contribution >= 0.6 is 11.3 Å². The molecular formula is C17H25N4O4S2+. The van der Waals surface area contributed by atoms with Crippen LogP contribution < -0.4 is 4.72 Å². The van der Waals surface area contributed by atoms with Gasteiger partial charge in [0.15, 0.2) is 6.04 Å². The molecule has 27 heavy (non-hydrogen) atoms. The number of amides is 3. The number of sulfonamides is 1. The van der Waals surface area contributed by atoms with Gasteiger partial charge in [0.05, 0.1) is 14.1 Å². The van der Waals surface area contributed by atoms with Gasteiger partial charge in [-0.15, -0.1) is 11.3 Å². The molecule has 1 aromatic heterocycles. The van der Waals surface area contributed by atoms with E-state index in [1.54, 1.807) is 19.3 Å². The molecule has 2 aliphatic heterocycles. The number of imide groups is 1. The van der Waals surface area contributed by atoms with E-state index in [0.29, 0.717) is 30.1 Å². The van der Waals surface area contributed by atoms with Gasteiger partial charge in [0.25, 0.3) is 0 Å². The number of likely N-dealkylation sites (tertiary alicyclic amines) is 1. The van der Waals surface area contributed by atoms with Crippen molar-refractivity contribution in [3.63, 3.8) is 0 Å². The molecule has 3 amide bonds. The standard InChI is InChI=1S/C17H25N4O4S2/c1-4-13-5-6-15(26-13)27(24,25)18-12-7-9-21(10-8-12)14-11-19(2)17(23)20(3)16(14)22/h5-6,11-12,14,18H,4,7-10H2,1-3H3/q+1. The lowest BCUT2D eigenvalue weighted by molar-refractivity contribution is -0.401. The van der Waals surface area contributed by atoms with Gasteiger partial charge in [-0.3, -0.25) is 4.90 Å². The first-order chi connectivity index (χ1) is 12.7. The Balaban J connectivity index is 1.62. The van der Waals surface area contributed by atoms with Crippen molar-refractivity contribution in [2.24, 2.45) is 0 Å². The molecule has 1 saturated heterocycles. The van der Waals surface area contributed by atoms with E-state index in [-0.39, 0.29) is 18.0 Å². The summed E-state index contributed by atoms with van der Waals surface area (Å²) in [7, 11) is -0.403. The van der Waals surface area contributed by atoms with Crippen LogP contribution in [-0.2, 0) is 21.2 Å². The summed E-state index contributed by atoms with van der Waals surface area (Å²) in [5.41, 5.74) is 0. The second-order valence-corrected chi connectivity index (χ2v) is 10.00. The third-order valence-electron chi connectivity index (χ3n) is 5.03. The van der Waals surface area contributed by atoms with Crippen molar-refractivity contribution < 1.29 is 22.6 Å². The fraction of sp³-hybridized carbons (Fsp3) is 0.588. The Kier molecular flexibility index (Phi) is 5.80. The number of likely N-dealkylation sites (N-methyl/N-ethyl adjacent to an activating group) is 1. The largest absolute Gasteiger partial charge is 0.500 e. The van der Waals surface area contributed by atoms with E-state index in [4.69, 9.17) is 0 Å². The van der Waals surface area contributed by atoms with Gasteiger partial charge in [0.1, 0.15) is 10.4 Å². The molecule has 0 aromatic carbocycles. The highest BCUT2D eigenvalue weighted by molar-refractivity contribution is 7.91. The van der Waals surface area contributed by atoms with Gasteiger partial charge < -0.3 is 0 Å². The minimum Gasteiger partial charge on any atom is -0.284 e. The van der Waals surface area contributed by atoms with Crippen molar-refractivity contribution in [3.8, 4) is 0 Å². The van der Waals surface area contributed by atoms with Gasteiger partial charge in [-0.1, -0.05) is 6.92 Å². The van der Waals surface area contributed by atoms with E-state index in [1.165, 1.54) is 23.0 Å². The fourth-order valence-corrected chi connectivity index (χ4v) is 6.00. The molecule has 8 nitrogen and oxygen atoms in total. The molecule has 10 heteroatoms. The Bertz CT molecular complexity index is 869. The average molecular weight is 414 g/mol. The third-order valence-corrected chi connectivity index (χ3v) is 8.27. The lowest BCUT2D eigenvalue weighted by atomic mass is 10.0. The topological polar surface area (TPSA) is 89.8 Å². The highest BCUT2D eigenvalue weighted by atomic mass is 32.2. The normalized spacial score (nSPS) is 23.0. The Morgan fingerprint density at radius 2 is 1.93 bits per heavy atom. The number of aryl methyl sites for hydroxylation is 1. The minimum atomic E-state index is -3.51. The number of carbonyl (C=O) groups excluding carboxylic acids is 2. The van der Waals surface area contributed by atoms with Crippen LogP contribution in [0.25, 0.3) is 0 Å². The van der Waals surface area contributed by atoms with E-state index in [1.807, 2.05) is 17.9 Å². The minimum absolute atomic E-state index is 0.158. The van der Waals surface area contributed by atoms with E-state index in [9.17, 15) is 18.0 Å². The van der Waals surface area contributed by atoms with Gasteiger partial charge in [-0.25, -0.2) is 22.5 Å². The second-order valence-electron chi connectivity index (χ2n) is 6.89. The van der Waals surface area contributed by atoms with Crippen molar-refractivity contribution >= 4 is 39.5 Å². The molecule has 2 aliphatic rings. The Hall–Kier alpha value is -1.62. The molecule has 1 unspecified atom stereocenters. The van der Waals surface area contributed by atoms with Crippen LogP contribution in [0.1, 0.15) is 24.6 Å². The predicted molar refractivity (Wildman–Crippen MR) is 103 cm³/mol. The number of nitrogens with zero attached hydrogens (tertiary/aromatic N) is 3. The highest BCUT2D eigenvalue weighted by Crippen LogP contribution is 2.23. The average Bonchev–Trinajstić information content (AvgIpc) is 3.14. The van der Waals surface area contributed by atoms with Crippen molar-refractivity contribution in [1.29, 1.82) is 0 Å². The highest BCUT2D eigenvalue weighted by Gasteiger charge is 2.42. The molecule has 1 atom stereocenters. The number of carbonyl (C=O) groups is 2. The Labute approximate surface area is 163 Å². The van der Waals surface area contributed by atoms with E-state index < -0.39 is 16.1 Å². The van der Waals surface area contributed by atoms with Crippen LogP contribution in [0.2, 0.25) is 0 Å². The number of hydrogen-bond acceptors (Lipinski definition) is 6. The first kappa shape index (κ1) is 20.1.